The maximum Gasteiger partial charge on any atom is 0.356 e. The molecule has 5 heteroatoms. The number of aryl methyl sites for hydroxylation is 1. The van der Waals surface area contributed by atoms with E-state index in [-0.39, 0.29) is 5.69 Å². The molecule has 0 amide bonds. The van der Waals surface area contributed by atoms with Crippen LogP contribution in [0.5, 0.6) is 0 Å². The van der Waals surface area contributed by atoms with Crippen molar-refractivity contribution in [3.05, 3.63) is 52.3 Å². The number of hydrogen-bond acceptors (Lipinski definition) is 2. The van der Waals surface area contributed by atoms with E-state index < -0.39 is 5.97 Å². The second kappa shape index (κ2) is 4.59. The Morgan fingerprint density at radius 3 is 2.59 bits per heavy atom. The van der Waals surface area contributed by atoms with Gasteiger partial charge in [0.2, 0.25) is 0 Å². The number of benzene rings is 1. The minimum Gasteiger partial charge on any atom is -0.476 e. The molecule has 88 valence electrons. The molecule has 2 rings (SSSR count). The molecule has 1 aromatic heterocycles. The van der Waals surface area contributed by atoms with E-state index in [0.29, 0.717) is 11.6 Å². The van der Waals surface area contributed by atoms with Gasteiger partial charge in [-0.05, 0) is 30.7 Å². The average Bonchev–Trinajstić information content (AvgIpc) is 2.64. The van der Waals surface area contributed by atoms with Crippen molar-refractivity contribution in [3.63, 3.8) is 0 Å². The highest BCUT2D eigenvalue weighted by atomic mass is 35.5. The molecule has 4 nitrogen and oxygen atoms in total. The predicted octanol–water partition coefficient (Wildman–Crippen LogP) is 2.59. The van der Waals surface area contributed by atoms with E-state index in [1.165, 1.54) is 0 Å². The summed E-state index contributed by atoms with van der Waals surface area (Å²) < 4.78 is 1.66. The van der Waals surface area contributed by atoms with Crippen molar-refractivity contribution in [3.8, 4) is 0 Å². The van der Waals surface area contributed by atoms with Crippen molar-refractivity contribution >= 4 is 17.6 Å². The third kappa shape index (κ3) is 2.65. The maximum atomic E-state index is 10.8. The highest BCUT2D eigenvalue weighted by Crippen LogP contribution is 2.12. The van der Waals surface area contributed by atoms with Gasteiger partial charge in [0.1, 0.15) is 0 Å². The Morgan fingerprint density at radius 1 is 1.41 bits per heavy atom. The van der Waals surface area contributed by atoms with Crippen LogP contribution < -0.4 is 0 Å². The topological polar surface area (TPSA) is 55.1 Å². The van der Waals surface area contributed by atoms with Crippen LogP contribution in [-0.4, -0.2) is 20.9 Å². The Hall–Kier alpha value is -1.81. The number of hydrogen-bond donors (Lipinski definition) is 1. The fourth-order valence-electron chi connectivity index (χ4n) is 1.54. The highest BCUT2D eigenvalue weighted by molar-refractivity contribution is 6.30. The van der Waals surface area contributed by atoms with E-state index in [1.54, 1.807) is 22.9 Å². The Balaban J connectivity index is 2.24. The van der Waals surface area contributed by atoms with Gasteiger partial charge in [-0.25, -0.2) is 4.79 Å². The average molecular weight is 251 g/mol. The maximum absolute atomic E-state index is 10.8. The number of nitrogens with zero attached hydrogens (tertiary/aromatic N) is 2. The normalized spacial score (nSPS) is 10.5. The van der Waals surface area contributed by atoms with Gasteiger partial charge in [0.25, 0.3) is 0 Å². The summed E-state index contributed by atoms with van der Waals surface area (Å²) in [5.41, 5.74) is 1.91. The van der Waals surface area contributed by atoms with Crippen LogP contribution in [0.1, 0.15) is 21.7 Å². The van der Waals surface area contributed by atoms with Gasteiger partial charge in [0.15, 0.2) is 5.69 Å². The van der Waals surface area contributed by atoms with Crippen LogP contribution >= 0.6 is 11.6 Å². The summed E-state index contributed by atoms with van der Waals surface area (Å²) in [4.78, 5) is 10.8. The Kier molecular flexibility index (Phi) is 3.15. The Morgan fingerprint density at radius 2 is 2.06 bits per heavy atom. The molecule has 1 aromatic carbocycles. The van der Waals surface area contributed by atoms with Crippen LogP contribution in [0.2, 0.25) is 5.02 Å². The molecule has 0 fully saturated rings. The predicted molar refractivity (Wildman–Crippen MR) is 64.5 cm³/mol. The lowest BCUT2D eigenvalue weighted by Crippen LogP contribution is -2.05. The molecule has 0 aliphatic carbocycles. The number of carboxylic acids is 1. The summed E-state index contributed by atoms with van der Waals surface area (Å²) in [7, 11) is 0. The second-order valence-electron chi connectivity index (χ2n) is 3.76. The Bertz CT molecular complexity index is 546. The lowest BCUT2D eigenvalue weighted by atomic mass is 10.2. The van der Waals surface area contributed by atoms with Gasteiger partial charge in [-0.2, -0.15) is 5.10 Å². The second-order valence-corrected chi connectivity index (χ2v) is 4.20. The number of aromatic nitrogens is 2. The fourth-order valence-corrected chi connectivity index (χ4v) is 1.66. The third-order valence-electron chi connectivity index (χ3n) is 2.45. The molecule has 17 heavy (non-hydrogen) atoms. The zero-order valence-corrected chi connectivity index (χ0v) is 9.98. The van der Waals surface area contributed by atoms with Crippen molar-refractivity contribution in [2.24, 2.45) is 0 Å². The first-order valence-electron chi connectivity index (χ1n) is 5.08. The van der Waals surface area contributed by atoms with Gasteiger partial charge in [-0.1, -0.05) is 23.7 Å². The summed E-state index contributed by atoms with van der Waals surface area (Å²) in [6.07, 6.45) is 0. The van der Waals surface area contributed by atoms with E-state index in [1.807, 2.05) is 19.1 Å². The van der Waals surface area contributed by atoms with Crippen molar-refractivity contribution in [2.45, 2.75) is 13.5 Å². The fraction of sp³-hybridized carbons (Fsp3) is 0.167. The lowest BCUT2D eigenvalue weighted by molar-refractivity contribution is 0.0689. The molecule has 0 unspecified atom stereocenters. The van der Waals surface area contributed by atoms with Gasteiger partial charge in [0.05, 0.1) is 6.54 Å². The van der Waals surface area contributed by atoms with Gasteiger partial charge in [-0.15, -0.1) is 0 Å². The minimum absolute atomic E-state index is 0.0662. The van der Waals surface area contributed by atoms with Crippen molar-refractivity contribution in [1.29, 1.82) is 0 Å². The number of halogens is 1. The van der Waals surface area contributed by atoms with Crippen LogP contribution in [0.15, 0.2) is 30.3 Å². The zero-order chi connectivity index (χ0) is 12.4. The standard InChI is InChI=1S/C12H11ClN2O2/c1-8-6-11(12(16)17)14-15(8)7-9-2-4-10(13)5-3-9/h2-6H,7H2,1H3,(H,16,17). The molecule has 0 saturated heterocycles. The molecule has 0 spiro atoms. The number of carbonyl (C=O) groups is 1. The Labute approximate surface area is 103 Å². The van der Waals surface area contributed by atoms with Crippen LogP contribution in [0.3, 0.4) is 0 Å². The summed E-state index contributed by atoms with van der Waals surface area (Å²) in [6, 6.07) is 8.94. The summed E-state index contributed by atoms with van der Waals surface area (Å²) in [6.45, 7) is 2.37. The van der Waals surface area contributed by atoms with Crippen LogP contribution in [0.25, 0.3) is 0 Å². The molecule has 2 aromatic rings. The first kappa shape index (κ1) is 11.7. The summed E-state index contributed by atoms with van der Waals surface area (Å²) >= 11 is 5.79. The molecule has 0 bridgehead atoms. The molecule has 1 N–H and O–H groups in total. The van der Waals surface area contributed by atoms with Gasteiger partial charge < -0.3 is 5.11 Å². The van der Waals surface area contributed by atoms with E-state index in [9.17, 15) is 4.79 Å². The van der Waals surface area contributed by atoms with Crippen LogP contribution in [-0.2, 0) is 6.54 Å². The molecular formula is C12H11ClN2O2. The van der Waals surface area contributed by atoms with E-state index >= 15 is 0 Å². The number of aromatic carboxylic acids is 1. The number of carboxylic acid groups (broad SMARTS) is 1. The van der Waals surface area contributed by atoms with Gasteiger partial charge in [0, 0.05) is 10.7 Å². The largest absolute Gasteiger partial charge is 0.476 e. The molecule has 0 saturated carbocycles. The minimum atomic E-state index is -1.01. The molecule has 0 aliphatic rings. The SMILES string of the molecule is Cc1cc(C(=O)O)nn1Cc1ccc(Cl)cc1. The highest BCUT2D eigenvalue weighted by Gasteiger charge is 2.10. The summed E-state index contributed by atoms with van der Waals surface area (Å²) in [5.74, 6) is -1.01. The van der Waals surface area contributed by atoms with Crippen molar-refractivity contribution in [1.82, 2.24) is 9.78 Å². The van der Waals surface area contributed by atoms with Gasteiger partial charge >= 0.3 is 5.97 Å². The van der Waals surface area contributed by atoms with Crippen LogP contribution in [0.4, 0.5) is 0 Å². The molecule has 0 atom stereocenters. The quantitative estimate of drug-likeness (QED) is 0.911. The number of rotatable bonds is 3. The van der Waals surface area contributed by atoms with Crippen molar-refractivity contribution in [2.75, 3.05) is 0 Å². The van der Waals surface area contributed by atoms with Gasteiger partial charge in [-0.3, -0.25) is 4.68 Å². The molecule has 0 radical (unpaired) electrons. The first-order chi connectivity index (χ1) is 8.06. The van der Waals surface area contributed by atoms with E-state index in [2.05, 4.69) is 5.10 Å². The van der Waals surface area contributed by atoms with Crippen molar-refractivity contribution < 1.29 is 9.90 Å². The molecular weight excluding hydrogens is 240 g/mol. The summed E-state index contributed by atoms with van der Waals surface area (Å²) in [5, 5.41) is 13.5. The van der Waals surface area contributed by atoms with E-state index in [4.69, 9.17) is 16.7 Å². The van der Waals surface area contributed by atoms with Crippen LogP contribution in [0, 0.1) is 6.92 Å². The van der Waals surface area contributed by atoms with E-state index in [0.717, 1.165) is 11.3 Å². The smallest absolute Gasteiger partial charge is 0.356 e. The third-order valence-corrected chi connectivity index (χ3v) is 2.70. The first-order valence-corrected chi connectivity index (χ1v) is 5.46. The lowest BCUT2D eigenvalue weighted by Gasteiger charge is -2.04. The molecule has 1 heterocycles. The zero-order valence-electron chi connectivity index (χ0n) is 9.22. The monoisotopic (exact) mass is 250 g/mol. The molecule has 0 aliphatic heterocycles.